The van der Waals surface area contributed by atoms with Crippen molar-refractivity contribution >= 4 is 5.91 Å². The number of benzene rings is 1. The van der Waals surface area contributed by atoms with Gasteiger partial charge in [-0.1, -0.05) is 12.1 Å². The number of rotatable bonds is 7. The first-order chi connectivity index (χ1) is 11.1. The number of nitrogens with one attached hydrogen (secondary N) is 1. The Morgan fingerprint density at radius 2 is 2.00 bits per heavy atom. The molecule has 1 aliphatic rings. The molecule has 1 unspecified atom stereocenters. The van der Waals surface area contributed by atoms with E-state index < -0.39 is 0 Å². The maximum absolute atomic E-state index is 12.1. The number of likely N-dealkylation sites (tertiary alicyclic amines) is 1. The second-order valence-corrected chi connectivity index (χ2v) is 6.33. The number of carbonyl (C=O) groups excluding carboxylic acids is 1. The molecule has 1 heterocycles. The zero-order valence-electron chi connectivity index (χ0n) is 14.1. The Morgan fingerprint density at radius 1 is 1.35 bits per heavy atom. The van der Waals surface area contributed by atoms with Gasteiger partial charge in [-0.2, -0.15) is 0 Å². The van der Waals surface area contributed by atoms with E-state index in [9.17, 15) is 9.90 Å². The molecule has 1 aliphatic heterocycles. The number of nitrogens with zero attached hydrogens (tertiary/aromatic N) is 1. The molecule has 0 aromatic heterocycles. The smallest absolute Gasteiger partial charge is 0.227 e. The van der Waals surface area contributed by atoms with E-state index in [1.54, 1.807) is 24.3 Å². The van der Waals surface area contributed by atoms with Crippen molar-refractivity contribution in [2.24, 2.45) is 0 Å². The molecule has 1 amide bonds. The SMILES string of the molecule is CC(C(=O)NCCCOC1CCN(C)CC1)c1ccc(O)cc1. The molecule has 128 valence electrons. The number of amides is 1. The van der Waals surface area contributed by atoms with Crippen molar-refractivity contribution in [1.29, 1.82) is 0 Å². The van der Waals surface area contributed by atoms with Crippen molar-refractivity contribution in [3.63, 3.8) is 0 Å². The molecule has 1 aromatic carbocycles. The number of hydrogen-bond donors (Lipinski definition) is 2. The van der Waals surface area contributed by atoms with E-state index in [-0.39, 0.29) is 17.6 Å². The van der Waals surface area contributed by atoms with E-state index in [0.717, 1.165) is 37.9 Å². The van der Waals surface area contributed by atoms with Crippen LogP contribution >= 0.6 is 0 Å². The number of aromatic hydroxyl groups is 1. The molecule has 1 saturated heterocycles. The lowest BCUT2D eigenvalue weighted by molar-refractivity contribution is -0.122. The zero-order valence-corrected chi connectivity index (χ0v) is 14.1. The molecule has 0 saturated carbocycles. The normalized spacial score (nSPS) is 17.8. The molecular weight excluding hydrogens is 292 g/mol. The summed E-state index contributed by atoms with van der Waals surface area (Å²) in [6.07, 6.45) is 3.40. The van der Waals surface area contributed by atoms with Gasteiger partial charge >= 0.3 is 0 Å². The standard InChI is InChI=1S/C18H28N2O3/c1-14(15-4-6-16(21)7-5-15)18(22)19-10-3-13-23-17-8-11-20(2)12-9-17/h4-7,14,17,21H,3,8-13H2,1-2H3,(H,19,22). The van der Waals surface area contributed by atoms with Gasteiger partial charge in [-0.05, 0) is 50.9 Å². The van der Waals surface area contributed by atoms with Crippen LogP contribution in [0.5, 0.6) is 5.75 Å². The topological polar surface area (TPSA) is 61.8 Å². The zero-order chi connectivity index (χ0) is 16.7. The molecule has 0 aliphatic carbocycles. The van der Waals surface area contributed by atoms with Gasteiger partial charge in [0.2, 0.25) is 5.91 Å². The van der Waals surface area contributed by atoms with Crippen molar-refractivity contribution in [3.8, 4) is 5.75 Å². The minimum absolute atomic E-state index is 0.00924. The van der Waals surface area contributed by atoms with Gasteiger partial charge < -0.3 is 20.1 Å². The third-order valence-electron chi connectivity index (χ3n) is 4.43. The van der Waals surface area contributed by atoms with Crippen molar-refractivity contribution in [1.82, 2.24) is 10.2 Å². The van der Waals surface area contributed by atoms with Gasteiger partial charge in [0.05, 0.1) is 12.0 Å². The molecule has 1 aromatic rings. The molecule has 2 rings (SSSR count). The molecule has 1 atom stereocenters. The highest BCUT2D eigenvalue weighted by atomic mass is 16.5. The van der Waals surface area contributed by atoms with Crippen LogP contribution in [0.25, 0.3) is 0 Å². The van der Waals surface area contributed by atoms with Crippen molar-refractivity contribution < 1.29 is 14.6 Å². The lowest BCUT2D eigenvalue weighted by atomic mass is 10.0. The predicted molar refractivity (Wildman–Crippen MR) is 90.6 cm³/mol. The van der Waals surface area contributed by atoms with Crippen LogP contribution in [-0.4, -0.2) is 55.3 Å². The van der Waals surface area contributed by atoms with E-state index >= 15 is 0 Å². The van der Waals surface area contributed by atoms with Crippen LogP contribution in [0.2, 0.25) is 0 Å². The summed E-state index contributed by atoms with van der Waals surface area (Å²) in [5, 5.41) is 12.2. The first-order valence-corrected chi connectivity index (χ1v) is 8.43. The number of carbonyl (C=O) groups is 1. The fourth-order valence-electron chi connectivity index (χ4n) is 2.75. The second-order valence-electron chi connectivity index (χ2n) is 6.33. The van der Waals surface area contributed by atoms with E-state index in [4.69, 9.17) is 4.74 Å². The molecule has 0 radical (unpaired) electrons. The van der Waals surface area contributed by atoms with Gasteiger partial charge in [0, 0.05) is 26.2 Å². The Hall–Kier alpha value is -1.59. The number of phenolic OH excluding ortho intramolecular Hbond substituents is 1. The second kappa shape index (κ2) is 8.89. The summed E-state index contributed by atoms with van der Waals surface area (Å²) in [4.78, 5) is 14.4. The van der Waals surface area contributed by atoms with Gasteiger partial charge in [0.1, 0.15) is 5.75 Å². The van der Waals surface area contributed by atoms with Crippen LogP contribution in [-0.2, 0) is 9.53 Å². The van der Waals surface area contributed by atoms with E-state index in [2.05, 4.69) is 17.3 Å². The maximum Gasteiger partial charge on any atom is 0.227 e. The van der Waals surface area contributed by atoms with Gasteiger partial charge in [-0.3, -0.25) is 4.79 Å². The highest BCUT2D eigenvalue weighted by Gasteiger charge is 2.17. The predicted octanol–water partition coefficient (Wildman–Crippen LogP) is 2.11. The molecule has 1 fully saturated rings. The Bertz CT molecular complexity index is 482. The Balaban J connectivity index is 1.60. The largest absolute Gasteiger partial charge is 0.508 e. The number of hydrogen-bond acceptors (Lipinski definition) is 4. The van der Waals surface area contributed by atoms with Crippen molar-refractivity contribution in [3.05, 3.63) is 29.8 Å². The summed E-state index contributed by atoms with van der Waals surface area (Å²) in [5.41, 5.74) is 0.905. The summed E-state index contributed by atoms with van der Waals surface area (Å²) in [6.45, 7) is 5.41. The maximum atomic E-state index is 12.1. The summed E-state index contributed by atoms with van der Waals surface area (Å²) in [5.74, 6) is 0.00722. The van der Waals surface area contributed by atoms with Crippen LogP contribution in [0.15, 0.2) is 24.3 Å². The monoisotopic (exact) mass is 320 g/mol. The quantitative estimate of drug-likeness (QED) is 0.756. The number of piperidine rings is 1. The van der Waals surface area contributed by atoms with Crippen LogP contribution < -0.4 is 5.32 Å². The van der Waals surface area contributed by atoms with E-state index in [0.29, 0.717) is 19.3 Å². The first-order valence-electron chi connectivity index (χ1n) is 8.43. The summed E-state index contributed by atoms with van der Waals surface area (Å²) < 4.78 is 5.87. The van der Waals surface area contributed by atoms with Crippen LogP contribution in [0, 0.1) is 0 Å². The van der Waals surface area contributed by atoms with Crippen LogP contribution in [0.1, 0.15) is 37.7 Å². The van der Waals surface area contributed by atoms with Gasteiger partial charge in [-0.25, -0.2) is 0 Å². The van der Waals surface area contributed by atoms with E-state index in [1.807, 2.05) is 6.92 Å². The Labute approximate surface area is 138 Å². The number of phenols is 1. The minimum Gasteiger partial charge on any atom is -0.508 e. The van der Waals surface area contributed by atoms with Crippen molar-refractivity contribution in [2.45, 2.75) is 38.2 Å². The van der Waals surface area contributed by atoms with E-state index in [1.165, 1.54) is 0 Å². The van der Waals surface area contributed by atoms with Gasteiger partial charge in [0.15, 0.2) is 0 Å². The fraction of sp³-hybridized carbons (Fsp3) is 0.611. The Kier molecular flexibility index (Phi) is 6.86. The van der Waals surface area contributed by atoms with Crippen LogP contribution in [0.3, 0.4) is 0 Å². The average Bonchev–Trinajstić information content (AvgIpc) is 2.56. The average molecular weight is 320 g/mol. The molecule has 0 spiro atoms. The highest BCUT2D eigenvalue weighted by Crippen LogP contribution is 2.18. The first kappa shape index (κ1) is 17.8. The third kappa shape index (κ3) is 5.84. The van der Waals surface area contributed by atoms with Crippen molar-refractivity contribution in [2.75, 3.05) is 33.3 Å². The molecule has 5 heteroatoms. The molecule has 5 nitrogen and oxygen atoms in total. The summed E-state index contributed by atoms with van der Waals surface area (Å²) in [7, 11) is 2.14. The van der Waals surface area contributed by atoms with Gasteiger partial charge in [0.25, 0.3) is 0 Å². The van der Waals surface area contributed by atoms with Crippen LogP contribution in [0.4, 0.5) is 0 Å². The Morgan fingerprint density at radius 3 is 2.65 bits per heavy atom. The van der Waals surface area contributed by atoms with Gasteiger partial charge in [-0.15, -0.1) is 0 Å². The third-order valence-corrected chi connectivity index (χ3v) is 4.43. The highest BCUT2D eigenvalue weighted by molar-refractivity contribution is 5.83. The minimum atomic E-state index is -0.217. The molecule has 23 heavy (non-hydrogen) atoms. The summed E-state index contributed by atoms with van der Waals surface area (Å²) >= 11 is 0. The number of ether oxygens (including phenoxy) is 1. The molecule has 2 N–H and O–H groups in total. The fourth-order valence-corrected chi connectivity index (χ4v) is 2.75. The lowest BCUT2D eigenvalue weighted by Crippen LogP contribution is -2.35. The molecule has 0 bridgehead atoms. The summed E-state index contributed by atoms with van der Waals surface area (Å²) in [6, 6.07) is 6.77. The molecular formula is C18H28N2O3. The lowest BCUT2D eigenvalue weighted by Gasteiger charge is -2.28.